The first-order valence-corrected chi connectivity index (χ1v) is 7.82. The third-order valence-electron chi connectivity index (χ3n) is 4.17. The molecule has 0 saturated carbocycles. The molecule has 23 heavy (non-hydrogen) atoms. The Labute approximate surface area is 136 Å². The van der Waals surface area contributed by atoms with Crippen LogP contribution >= 0.6 is 0 Å². The summed E-state index contributed by atoms with van der Waals surface area (Å²) in [6.45, 7) is 1.88. The van der Waals surface area contributed by atoms with Gasteiger partial charge in [0.25, 0.3) is 0 Å². The van der Waals surface area contributed by atoms with E-state index in [2.05, 4.69) is 4.90 Å². The first kappa shape index (κ1) is 17.4. The molecule has 6 heteroatoms. The second-order valence-electron chi connectivity index (χ2n) is 6.22. The number of halogens is 1. The van der Waals surface area contributed by atoms with E-state index in [0.717, 1.165) is 12.1 Å². The minimum Gasteiger partial charge on any atom is -0.347 e. The highest BCUT2D eigenvalue weighted by atomic mass is 19.1. The van der Waals surface area contributed by atoms with E-state index in [4.69, 9.17) is 0 Å². The Morgan fingerprint density at radius 3 is 2.48 bits per heavy atom. The molecule has 1 heterocycles. The van der Waals surface area contributed by atoms with Gasteiger partial charge in [0.15, 0.2) is 0 Å². The summed E-state index contributed by atoms with van der Waals surface area (Å²) in [7, 11) is 5.37. The quantitative estimate of drug-likeness (QED) is 0.831. The molecule has 1 aromatic carbocycles. The lowest BCUT2D eigenvalue weighted by Gasteiger charge is -2.40. The van der Waals surface area contributed by atoms with Gasteiger partial charge in [-0.1, -0.05) is 12.1 Å². The lowest BCUT2D eigenvalue weighted by Crippen LogP contribution is -2.59. The van der Waals surface area contributed by atoms with Gasteiger partial charge in [-0.15, -0.1) is 0 Å². The molecule has 1 aromatic rings. The van der Waals surface area contributed by atoms with Crippen molar-refractivity contribution in [2.45, 2.75) is 18.9 Å². The minimum atomic E-state index is -0.426. The lowest BCUT2D eigenvalue weighted by atomic mass is 10.1. The van der Waals surface area contributed by atoms with Crippen molar-refractivity contribution in [1.29, 1.82) is 0 Å². The number of hydrogen-bond acceptors (Lipinski definition) is 3. The zero-order valence-corrected chi connectivity index (χ0v) is 14.0. The van der Waals surface area contributed by atoms with Crippen molar-refractivity contribution >= 4 is 11.8 Å². The maximum atomic E-state index is 12.9. The van der Waals surface area contributed by atoms with E-state index >= 15 is 0 Å². The van der Waals surface area contributed by atoms with Gasteiger partial charge in [0.05, 0.1) is 0 Å². The summed E-state index contributed by atoms with van der Waals surface area (Å²) in [6.07, 6.45) is 0.876. The zero-order valence-electron chi connectivity index (χ0n) is 14.0. The van der Waals surface area contributed by atoms with Crippen molar-refractivity contribution in [1.82, 2.24) is 14.7 Å². The molecule has 2 rings (SSSR count). The maximum Gasteiger partial charge on any atom is 0.246 e. The van der Waals surface area contributed by atoms with E-state index in [0.29, 0.717) is 25.9 Å². The van der Waals surface area contributed by atoms with E-state index in [1.54, 1.807) is 31.1 Å². The molecule has 0 bridgehead atoms. The van der Waals surface area contributed by atoms with E-state index in [1.807, 2.05) is 7.05 Å². The predicted molar refractivity (Wildman–Crippen MR) is 86.4 cm³/mol. The van der Waals surface area contributed by atoms with Crippen LogP contribution < -0.4 is 0 Å². The third kappa shape index (κ3) is 4.51. The first-order valence-electron chi connectivity index (χ1n) is 7.82. The Balaban J connectivity index is 2.00. The smallest absolute Gasteiger partial charge is 0.246 e. The lowest BCUT2D eigenvalue weighted by molar-refractivity contribution is -0.147. The molecule has 0 radical (unpaired) electrons. The van der Waals surface area contributed by atoms with Crippen LogP contribution in [0, 0.1) is 5.82 Å². The van der Waals surface area contributed by atoms with Crippen molar-refractivity contribution in [3.8, 4) is 0 Å². The van der Waals surface area contributed by atoms with Crippen LogP contribution in [0.3, 0.4) is 0 Å². The number of piperazine rings is 1. The van der Waals surface area contributed by atoms with Crippen LogP contribution in [0.1, 0.15) is 12.0 Å². The van der Waals surface area contributed by atoms with Gasteiger partial charge in [0.1, 0.15) is 11.9 Å². The molecule has 1 atom stereocenters. The van der Waals surface area contributed by atoms with Gasteiger partial charge in [-0.2, -0.15) is 0 Å². The summed E-state index contributed by atoms with van der Waals surface area (Å²) in [5.74, 6) is -0.356. The van der Waals surface area contributed by atoms with Crippen LogP contribution in [-0.2, 0) is 16.0 Å². The second-order valence-corrected chi connectivity index (χ2v) is 6.22. The summed E-state index contributed by atoms with van der Waals surface area (Å²) < 4.78 is 12.9. The molecule has 0 aliphatic carbocycles. The van der Waals surface area contributed by atoms with Gasteiger partial charge in [-0.05, 0) is 31.2 Å². The molecule has 1 fully saturated rings. The topological polar surface area (TPSA) is 43.9 Å². The van der Waals surface area contributed by atoms with Gasteiger partial charge >= 0.3 is 0 Å². The Kier molecular flexibility index (Phi) is 5.71. The van der Waals surface area contributed by atoms with E-state index in [1.165, 1.54) is 17.0 Å². The highest BCUT2D eigenvalue weighted by Gasteiger charge is 2.34. The Morgan fingerprint density at radius 1 is 1.22 bits per heavy atom. The van der Waals surface area contributed by atoms with Gasteiger partial charge in [-0.25, -0.2) is 4.39 Å². The monoisotopic (exact) mass is 321 g/mol. The molecule has 0 aromatic heterocycles. The first-order chi connectivity index (χ1) is 10.9. The molecule has 1 saturated heterocycles. The normalized spacial score (nSPS) is 18.8. The molecule has 0 N–H and O–H groups in total. The number of benzene rings is 1. The van der Waals surface area contributed by atoms with E-state index in [-0.39, 0.29) is 17.6 Å². The standard InChI is InChI=1S/C17H24FN3O2/c1-19(2)17(23)15-12-20(3)10-11-21(15)16(22)9-6-13-4-7-14(18)8-5-13/h4-5,7-8,15H,6,9-12H2,1-3H3. The van der Waals surface area contributed by atoms with Crippen LogP contribution in [0.15, 0.2) is 24.3 Å². The number of hydrogen-bond donors (Lipinski definition) is 0. The third-order valence-corrected chi connectivity index (χ3v) is 4.17. The van der Waals surface area contributed by atoms with Crippen LogP contribution in [0.2, 0.25) is 0 Å². The van der Waals surface area contributed by atoms with E-state index < -0.39 is 6.04 Å². The van der Waals surface area contributed by atoms with Crippen molar-refractivity contribution in [2.75, 3.05) is 40.8 Å². The van der Waals surface area contributed by atoms with Gasteiger partial charge in [-0.3, -0.25) is 9.59 Å². The molecule has 126 valence electrons. The molecule has 0 spiro atoms. The Morgan fingerprint density at radius 2 is 1.87 bits per heavy atom. The number of nitrogens with zero attached hydrogens (tertiary/aromatic N) is 3. The van der Waals surface area contributed by atoms with Gasteiger partial charge < -0.3 is 14.7 Å². The highest BCUT2D eigenvalue weighted by Crippen LogP contribution is 2.14. The Bertz CT molecular complexity index is 559. The van der Waals surface area contributed by atoms with Crippen LogP contribution in [0.25, 0.3) is 0 Å². The van der Waals surface area contributed by atoms with Crippen LogP contribution in [-0.4, -0.2) is 73.3 Å². The molecule has 2 amide bonds. The second kappa shape index (κ2) is 7.55. The van der Waals surface area contributed by atoms with Crippen LogP contribution in [0.4, 0.5) is 4.39 Å². The molecule has 5 nitrogen and oxygen atoms in total. The zero-order chi connectivity index (χ0) is 17.0. The molecular weight excluding hydrogens is 297 g/mol. The number of aryl methyl sites for hydroxylation is 1. The molecule has 1 unspecified atom stereocenters. The predicted octanol–water partition coefficient (Wildman–Crippen LogP) is 0.989. The fourth-order valence-electron chi connectivity index (χ4n) is 2.77. The molecule has 1 aliphatic heterocycles. The number of amides is 2. The summed E-state index contributed by atoms with van der Waals surface area (Å²) in [5, 5.41) is 0. The average molecular weight is 321 g/mol. The highest BCUT2D eigenvalue weighted by molar-refractivity contribution is 5.88. The van der Waals surface area contributed by atoms with Crippen molar-refractivity contribution in [3.63, 3.8) is 0 Å². The summed E-state index contributed by atoms with van der Waals surface area (Å²) in [4.78, 5) is 30.2. The largest absolute Gasteiger partial charge is 0.347 e. The minimum absolute atomic E-state index is 0.0253. The fraction of sp³-hybridized carbons (Fsp3) is 0.529. The molecular formula is C17H24FN3O2. The van der Waals surface area contributed by atoms with Gasteiger partial charge in [0, 0.05) is 40.2 Å². The van der Waals surface area contributed by atoms with Gasteiger partial charge in [0.2, 0.25) is 11.8 Å². The van der Waals surface area contributed by atoms with Crippen molar-refractivity contribution in [3.05, 3.63) is 35.6 Å². The van der Waals surface area contributed by atoms with Crippen LogP contribution in [0.5, 0.6) is 0 Å². The summed E-state index contributed by atoms with van der Waals surface area (Å²) in [5.41, 5.74) is 0.921. The van der Waals surface area contributed by atoms with E-state index in [9.17, 15) is 14.0 Å². The number of rotatable bonds is 4. The average Bonchev–Trinajstić information content (AvgIpc) is 2.53. The summed E-state index contributed by atoms with van der Waals surface area (Å²) >= 11 is 0. The number of carbonyl (C=O) groups is 2. The van der Waals surface area contributed by atoms with Crippen molar-refractivity contribution < 1.29 is 14.0 Å². The molecule has 1 aliphatic rings. The number of likely N-dealkylation sites (N-methyl/N-ethyl adjacent to an activating group) is 2. The SMILES string of the molecule is CN1CCN(C(=O)CCc2ccc(F)cc2)C(C(=O)N(C)C)C1. The Hall–Kier alpha value is -1.95. The van der Waals surface area contributed by atoms with Crippen molar-refractivity contribution in [2.24, 2.45) is 0 Å². The summed E-state index contributed by atoms with van der Waals surface area (Å²) in [6, 6.07) is 5.75. The maximum absolute atomic E-state index is 12.9. The number of carbonyl (C=O) groups excluding carboxylic acids is 2. The fourth-order valence-corrected chi connectivity index (χ4v) is 2.77.